The van der Waals surface area contributed by atoms with Crippen molar-refractivity contribution >= 4 is 47.4 Å². The molecule has 0 radical (unpaired) electrons. The summed E-state index contributed by atoms with van der Waals surface area (Å²) in [7, 11) is 0. The molecule has 0 amide bonds. The number of nitrogens with one attached hydrogen (secondary N) is 2. The summed E-state index contributed by atoms with van der Waals surface area (Å²) < 4.78 is 0. The van der Waals surface area contributed by atoms with Crippen LogP contribution >= 0.6 is 35.7 Å². The number of aryl methyl sites for hydroxylation is 1. The number of hydrogen-bond acceptors (Lipinski definition) is 4. The highest BCUT2D eigenvalue weighted by Gasteiger charge is 2.05. The molecule has 0 saturated carbocycles. The van der Waals surface area contributed by atoms with Crippen molar-refractivity contribution in [1.29, 1.82) is 0 Å². The molecule has 0 saturated heterocycles. The monoisotopic (exact) mass is 500 g/mol. The van der Waals surface area contributed by atoms with Crippen molar-refractivity contribution in [2.75, 3.05) is 18.6 Å². The molecular weight excluding hydrogens is 475 g/mol. The Labute approximate surface area is 181 Å². The molecule has 0 aliphatic carbocycles. The van der Waals surface area contributed by atoms with E-state index in [1.54, 1.807) is 23.9 Å². The van der Waals surface area contributed by atoms with E-state index in [-0.39, 0.29) is 29.7 Å². The maximum Gasteiger partial charge on any atom is 0.269 e. The average Bonchev–Trinajstić information content (AvgIpc) is 2.65. The van der Waals surface area contributed by atoms with Gasteiger partial charge in [0.1, 0.15) is 0 Å². The van der Waals surface area contributed by atoms with Crippen LogP contribution < -0.4 is 10.6 Å². The molecule has 0 aliphatic heterocycles. The minimum atomic E-state index is -0.397. The van der Waals surface area contributed by atoms with Gasteiger partial charge in [-0.2, -0.15) is 11.8 Å². The molecule has 0 spiro atoms. The topological polar surface area (TPSA) is 79.6 Å². The molecule has 0 unspecified atom stereocenters. The molecule has 146 valence electrons. The normalized spacial score (nSPS) is 10.8. The first kappa shape index (κ1) is 23.2. The molecule has 8 heteroatoms. The zero-order chi connectivity index (χ0) is 18.8. The van der Waals surface area contributed by atoms with Crippen LogP contribution in [0.25, 0.3) is 0 Å². The van der Waals surface area contributed by atoms with Crippen molar-refractivity contribution in [3.05, 3.63) is 75.3 Å². The summed E-state index contributed by atoms with van der Waals surface area (Å²) in [6, 6.07) is 14.7. The predicted molar refractivity (Wildman–Crippen MR) is 124 cm³/mol. The first-order valence-corrected chi connectivity index (χ1v) is 9.78. The fourth-order valence-electron chi connectivity index (χ4n) is 2.33. The van der Waals surface area contributed by atoms with Crippen LogP contribution in [0.2, 0.25) is 0 Å². The van der Waals surface area contributed by atoms with Gasteiger partial charge in [-0.05, 0) is 29.9 Å². The number of benzene rings is 2. The number of nitrogens with zero attached hydrogens (tertiary/aromatic N) is 2. The van der Waals surface area contributed by atoms with Gasteiger partial charge in [-0.1, -0.05) is 36.4 Å². The van der Waals surface area contributed by atoms with E-state index in [4.69, 9.17) is 0 Å². The minimum absolute atomic E-state index is 0. The van der Waals surface area contributed by atoms with Gasteiger partial charge in [-0.15, -0.1) is 24.0 Å². The van der Waals surface area contributed by atoms with Gasteiger partial charge in [-0.3, -0.25) is 10.1 Å². The van der Waals surface area contributed by atoms with Crippen LogP contribution in [0.15, 0.2) is 53.5 Å². The Hall–Kier alpha value is -1.81. The quantitative estimate of drug-likeness (QED) is 0.142. The Morgan fingerprint density at radius 2 is 1.85 bits per heavy atom. The van der Waals surface area contributed by atoms with E-state index in [9.17, 15) is 10.1 Å². The summed E-state index contributed by atoms with van der Waals surface area (Å²) in [6.45, 7) is 4.06. The van der Waals surface area contributed by atoms with Gasteiger partial charge in [0.15, 0.2) is 5.96 Å². The zero-order valence-electron chi connectivity index (χ0n) is 15.5. The van der Waals surface area contributed by atoms with Crippen LogP contribution in [-0.4, -0.2) is 29.4 Å². The Morgan fingerprint density at radius 3 is 2.48 bits per heavy atom. The summed E-state index contributed by atoms with van der Waals surface area (Å²) in [5, 5.41) is 17.4. The maximum absolute atomic E-state index is 10.7. The molecule has 2 N–H and O–H groups in total. The molecule has 0 heterocycles. The molecule has 0 atom stereocenters. The van der Waals surface area contributed by atoms with Crippen LogP contribution in [0.1, 0.15) is 16.7 Å². The number of rotatable bonds is 8. The standard InChI is InChI=1S/C19H24N4O2S.HI/c1-15-5-3-4-6-17(15)14-22-19(20-11-12-26-2)21-13-16-7-9-18(10-8-16)23(24)25;/h3-10H,11-14H2,1-2H3,(H2,20,21,22);1H. The number of thioether (sulfide) groups is 1. The van der Waals surface area contributed by atoms with Gasteiger partial charge in [-0.25, -0.2) is 4.99 Å². The zero-order valence-corrected chi connectivity index (χ0v) is 18.6. The molecule has 0 bridgehead atoms. The molecule has 27 heavy (non-hydrogen) atoms. The second-order valence-corrected chi connectivity index (χ2v) is 6.77. The van der Waals surface area contributed by atoms with Gasteiger partial charge >= 0.3 is 0 Å². The second kappa shape index (κ2) is 12.6. The van der Waals surface area contributed by atoms with Crippen molar-refractivity contribution in [2.24, 2.45) is 4.99 Å². The van der Waals surface area contributed by atoms with E-state index in [2.05, 4.69) is 40.9 Å². The number of aliphatic imine (C=N–C) groups is 1. The van der Waals surface area contributed by atoms with Crippen LogP contribution in [0, 0.1) is 17.0 Å². The largest absolute Gasteiger partial charge is 0.356 e. The Morgan fingerprint density at radius 1 is 1.15 bits per heavy atom. The number of nitro groups is 1. The highest BCUT2D eigenvalue weighted by molar-refractivity contribution is 14.0. The maximum atomic E-state index is 10.7. The first-order valence-electron chi connectivity index (χ1n) is 8.39. The van der Waals surface area contributed by atoms with Crippen molar-refractivity contribution in [1.82, 2.24) is 10.6 Å². The highest BCUT2D eigenvalue weighted by atomic mass is 127. The highest BCUT2D eigenvalue weighted by Crippen LogP contribution is 2.12. The van der Waals surface area contributed by atoms with E-state index in [1.165, 1.54) is 23.3 Å². The SMILES string of the molecule is CSCCNC(=NCc1ccc([N+](=O)[O-])cc1)NCc1ccccc1C.I. The molecular formula is C19H25IN4O2S. The summed E-state index contributed by atoms with van der Waals surface area (Å²) >= 11 is 1.77. The molecule has 2 rings (SSSR count). The fourth-order valence-corrected chi connectivity index (χ4v) is 2.63. The number of guanidine groups is 1. The van der Waals surface area contributed by atoms with E-state index in [1.807, 2.05) is 12.1 Å². The van der Waals surface area contributed by atoms with Gasteiger partial charge in [0.2, 0.25) is 0 Å². The molecule has 0 aromatic heterocycles. The van der Waals surface area contributed by atoms with E-state index in [0.717, 1.165) is 23.8 Å². The van der Waals surface area contributed by atoms with Crippen LogP contribution in [0.3, 0.4) is 0 Å². The minimum Gasteiger partial charge on any atom is -0.356 e. The molecule has 0 aliphatic rings. The lowest BCUT2D eigenvalue weighted by atomic mass is 10.1. The first-order chi connectivity index (χ1) is 12.6. The molecule has 2 aromatic carbocycles. The number of halogens is 1. The number of nitro benzene ring substituents is 1. The average molecular weight is 500 g/mol. The Kier molecular flexibility index (Phi) is 10.8. The number of hydrogen-bond donors (Lipinski definition) is 2. The van der Waals surface area contributed by atoms with Crippen LogP contribution in [0.4, 0.5) is 5.69 Å². The van der Waals surface area contributed by atoms with Crippen LogP contribution in [0.5, 0.6) is 0 Å². The fraction of sp³-hybridized carbons (Fsp3) is 0.316. The predicted octanol–water partition coefficient (Wildman–Crippen LogP) is 4.12. The van der Waals surface area contributed by atoms with Crippen molar-refractivity contribution in [3.63, 3.8) is 0 Å². The molecule has 6 nitrogen and oxygen atoms in total. The lowest BCUT2D eigenvalue weighted by molar-refractivity contribution is -0.384. The van der Waals surface area contributed by atoms with Gasteiger partial charge in [0.25, 0.3) is 5.69 Å². The van der Waals surface area contributed by atoms with E-state index >= 15 is 0 Å². The van der Waals surface area contributed by atoms with Crippen molar-refractivity contribution in [3.8, 4) is 0 Å². The Balaban J connectivity index is 0.00000364. The summed E-state index contributed by atoms with van der Waals surface area (Å²) in [5.41, 5.74) is 3.48. The third-order valence-corrected chi connectivity index (χ3v) is 4.49. The molecule has 0 fully saturated rings. The van der Waals surface area contributed by atoms with Gasteiger partial charge in [0, 0.05) is 31.0 Å². The van der Waals surface area contributed by atoms with E-state index < -0.39 is 4.92 Å². The van der Waals surface area contributed by atoms with Crippen molar-refractivity contribution in [2.45, 2.75) is 20.0 Å². The summed E-state index contributed by atoms with van der Waals surface area (Å²) in [5.74, 6) is 1.73. The number of non-ortho nitro benzene ring substituents is 1. The lowest BCUT2D eigenvalue weighted by Crippen LogP contribution is -2.38. The van der Waals surface area contributed by atoms with E-state index in [0.29, 0.717) is 13.1 Å². The molecule has 2 aromatic rings. The van der Waals surface area contributed by atoms with Gasteiger partial charge in [0.05, 0.1) is 11.5 Å². The summed E-state index contributed by atoms with van der Waals surface area (Å²) in [6.07, 6.45) is 2.07. The third-order valence-electron chi connectivity index (χ3n) is 3.87. The van der Waals surface area contributed by atoms with Gasteiger partial charge < -0.3 is 10.6 Å². The second-order valence-electron chi connectivity index (χ2n) is 5.79. The van der Waals surface area contributed by atoms with Crippen LogP contribution in [-0.2, 0) is 13.1 Å². The third kappa shape index (κ3) is 8.17. The lowest BCUT2D eigenvalue weighted by Gasteiger charge is -2.13. The Bertz CT molecular complexity index is 754. The summed E-state index contributed by atoms with van der Waals surface area (Å²) in [4.78, 5) is 14.9. The smallest absolute Gasteiger partial charge is 0.269 e. The van der Waals surface area contributed by atoms with Crippen molar-refractivity contribution < 1.29 is 4.92 Å².